The fraction of sp³-hybridized carbons (Fsp3) is 0.750. The number of carbonyl (C=O) groups excluding carboxylic acids is 1. The van der Waals surface area contributed by atoms with E-state index >= 15 is 0 Å². The average molecular weight is 199 g/mol. The Morgan fingerprint density at radius 3 is 2.73 bits per heavy atom. The van der Waals surface area contributed by atoms with Crippen molar-refractivity contribution in [1.29, 1.82) is 0 Å². The minimum atomic E-state index is -3.58. The summed E-state index contributed by atoms with van der Waals surface area (Å²) in [6, 6.07) is 0. The van der Waals surface area contributed by atoms with E-state index in [1.165, 1.54) is 7.05 Å². The van der Waals surface area contributed by atoms with Gasteiger partial charge in [0.05, 0.1) is 5.75 Å². The van der Waals surface area contributed by atoms with Crippen molar-refractivity contribution in [3.8, 4) is 0 Å². The first kappa shape index (κ1) is 11.0. The molecule has 0 aliphatic rings. The molecule has 1 atom stereocenters. The van der Waals surface area contributed by atoms with Crippen molar-refractivity contribution in [3.05, 3.63) is 0 Å². The van der Waals surface area contributed by atoms with Crippen LogP contribution in [0.15, 0.2) is 0 Å². The van der Waals surface area contributed by atoms with Crippen LogP contribution < -0.4 is 5.32 Å². The minimum Gasteiger partial charge on any atom is -0.358 e. The van der Waals surface area contributed by atoms with Gasteiger partial charge in [-0.3, -0.25) is 4.79 Å². The van der Waals surface area contributed by atoms with Crippen LogP contribution in [-0.2, 0) is 13.9 Å². The predicted octanol–water partition coefficient (Wildman–Crippen LogP) is 0.212. The molecule has 7 heteroatoms. The zero-order chi connectivity index (χ0) is 8.91. The number of hydrogen-bond donors (Lipinski definition) is 2. The van der Waals surface area contributed by atoms with Crippen LogP contribution in [-0.4, -0.2) is 30.7 Å². The third-order valence-electron chi connectivity index (χ3n) is 0.868. The van der Waals surface area contributed by atoms with Crippen molar-refractivity contribution in [1.82, 2.24) is 5.32 Å². The Kier molecular flexibility index (Phi) is 4.76. The average Bonchev–Trinajstić information content (AvgIpc) is 2.00. The second-order valence-corrected chi connectivity index (χ2v) is 5.61. The highest BCUT2D eigenvalue weighted by atomic mass is 32.7. The Hall–Kier alpha value is -0.0300. The monoisotopic (exact) mass is 199 g/mol. The highest BCUT2D eigenvalue weighted by Crippen LogP contribution is 2.54. The molecular weight excluding hydrogens is 189 g/mol. The van der Waals surface area contributed by atoms with E-state index < -0.39 is 6.80 Å². The Morgan fingerprint density at radius 2 is 2.36 bits per heavy atom. The summed E-state index contributed by atoms with van der Waals surface area (Å²) >= 11 is 0.588. The van der Waals surface area contributed by atoms with Gasteiger partial charge in [0.15, 0.2) is 0 Å². The van der Waals surface area contributed by atoms with E-state index in [1.807, 2.05) is 0 Å². The zero-order valence-electron chi connectivity index (χ0n) is 6.23. The lowest BCUT2D eigenvalue weighted by molar-refractivity contribution is -0.118. The first-order valence-electron chi connectivity index (χ1n) is 2.75. The van der Waals surface area contributed by atoms with Gasteiger partial charge in [-0.15, -0.1) is 0 Å². The maximum absolute atomic E-state index is 10.7. The summed E-state index contributed by atoms with van der Waals surface area (Å²) in [5.41, 5.74) is 0. The first-order chi connectivity index (χ1) is 5.02. The molecule has 0 rings (SSSR count). The van der Waals surface area contributed by atoms with Crippen molar-refractivity contribution in [2.45, 2.75) is 0 Å². The Balaban J connectivity index is 3.70. The molecule has 5 nitrogen and oxygen atoms in total. The SMILES string of the molecule is CNC(=O)CSP(=O)(O)OC. The van der Waals surface area contributed by atoms with E-state index in [0.29, 0.717) is 11.4 Å². The van der Waals surface area contributed by atoms with Crippen LogP contribution in [0.5, 0.6) is 0 Å². The van der Waals surface area contributed by atoms with Crippen molar-refractivity contribution >= 4 is 24.1 Å². The van der Waals surface area contributed by atoms with E-state index in [2.05, 4.69) is 9.84 Å². The van der Waals surface area contributed by atoms with Gasteiger partial charge in [0.25, 0.3) is 0 Å². The van der Waals surface area contributed by atoms with Gasteiger partial charge in [-0.25, -0.2) is 4.57 Å². The molecule has 0 aliphatic heterocycles. The molecule has 11 heavy (non-hydrogen) atoms. The van der Waals surface area contributed by atoms with Gasteiger partial charge in [0.2, 0.25) is 5.91 Å². The molecule has 0 aromatic carbocycles. The van der Waals surface area contributed by atoms with Crippen LogP contribution in [0.3, 0.4) is 0 Å². The second-order valence-electron chi connectivity index (χ2n) is 1.60. The van der Waals surface area contributed by atoms with Crippen molar-refractivity contribution < 1.29 is 18.8 Å². The van der Waals surface area contributed by atoms with Crippen LogP contribution in [0.2, 0.25) is 0 Å². The molecule has 0 saturated heterocycles. The smallest absolute Gasteiger partial charge is 0.358 e. The largest absolute Gasteiger partial charge is 0.386 e. The molecular formula is C4H10NO4PS. The van der Waals surface area contributed by atoms with Gasteiger partial charge in [0.1, 0.15) is 0 Å². The Bertz CT molecular complexity index is 185. The van der Waals surface area contributed by atoms with E-state index in [4.69, 9.17) is 4.89 Å². The van der Waals surface area contributed by atoms with Gasteiger partial charge in [-0.1, -0.05) is 0 Å². The maximum Gasteiger partial charge on any atom is 0.386 e. The van der Waals surface area contributed by atoms with Crippen LogP contribution in [0.4, 0.5) is 0 Å². The van der Waals surface area contributed by atoms with Crippen molar-refractivity contribution in [2.24, 2.45) is 0 Å². The van der Waals surface area contributed by atoms with Crippen molar-refractivity contribution in [3.63, 3.8) is 0 Å². The molecule has 2 N–H and O–H groups in total. The molecule has 0 aromatic heterocycles. The standard InChI is InChI=1S/C4H10NO4PS/c1-5-4(6)3-11-10(7,8)9-2/h3H2,1-2H3,(H,5,6)(H,7,8). The van der Waals surface area contributed by atoms with Gasteiger partial charge >= 0.3 is 6.80 Å². The second kappa shape index (κ2) is 4.77. The fourth-order valence-electron chi connectivity index (χ4n) is 0.265. The highest BCUT2D eigenvalue weighted by molar-refractivity contribution is 8.55. The van der Waals surface area contributed by atoms with Gasteiger partial charge < -0.3 is 14.7 Å². The number of hydrogen-bond acceptors (Lipinski definition) is 4. The summed E-state index contributed by atoms with van der Waals surface area (Å²) in [6.45, 7) is -3.58. The molecule has 1 amide bonds. The third kappa shape index (κ3) is 5.26. The summed E-state index contributed by atoms with van der Waals surface area (Å²) in [5, 5.41) is 2.31. The fourth-order valence-corrected chi connectivity index (χ4v) is 1.95. The van der Waals surface area contributed by atoms with E-state index in [0.717, 1.165) is 7.11 Å². The molecule has 0 heterocycles. The Morgan fingerprint density at radius 1 is 1.82 bits per heavy atom. The summed E-state index contributed by atoms with van der Waals surface area (Å²) in [5.74, 6) is -0.376. The van der Waals surface area contributed by atoms with E-state index in [1.54, 1.807) is 0 Å². The topological polar surface area (TPSA) is 75.6 Å². The van der Waals surface area contributed by atoms with Crippen LogP contribution in [0, 0.1) is 0 Å². The third-order valence-corrected chi connectivity index (χ3v) is 3.86. The predicted molar refractivity (Wildman–Crippen MR) is 43.4 cm³/mol. The molecule has 0 radical (unpaired) electrons. The summed E-state index contributed by atoms with van der Waals surface area (Å²) in [6.07, 6.45) is 0. The molecule has 0 aromatic rings. The lowest BCUT2D eigenvalue weighted by atomic mass is 10.7. The number of nitrogens with one attached hydrogen (secondary N) is 1. The van der Waals surface area contributed by atoms with Crippen LogP contribution in [0.25, 0.3) is 0 Å². The maximum atomic E-state index is 10.7. The molecule has 1 unspecified atom stereocenters. The van der Waals surface area contributed by atoms with Crippen LogP contribution in [0.1, 0.15) is 0 Å². The minimum absolute atomic E-state index is 0.0713. The normalized spacial score (nSPS) is 15.5. The number of rotatable bonds is 4. The molecule has 0 bridgehead atoms. The van der Waals surface area contributed by atoms with E-state index in [9.17, 15) is 9.36 Å². The highest BCUT2D eigenvalue weighted by Gasteiger charge is 2.19. The Labute approximate surface area is 68.8 Å². The molecule has 0 fully saturated rings. The summed E-state index contributed by atoms with van der Waals surface area (Å²) in [7, 11) is 2.58. The first-order valence-corrected chi connectivity index (χ1v) is 5.92. The van der Waals surface area contributed by atoms with Gasteiger partial charge in [-0.2, -0.15) is 0 Å². The zero-order valence-corrected chi connectivity index (χ0v) is 7.95. The molecule has 0 spiro atoms. The number of carbonyl (C=O) groups is 1. The summed E-state index contributed by atoms with van der Waals surface area (Å²) < 4.78 is 14.9. The number of amides is 1. The van der Waals surface area contributed by atoms with E-state index in [-0.39, 0.29) is 11.7 Å². The quantitative estimate of drug-likeness (QED) is 0.633. The van der Waals surface area contributed by atoms with Gasteiger partial charge in [-0.05, 0) is 11.4 Å². The van der Waals surface area contributed by atoms with Gasteiger partial charge in [0, 0.05) is 14.2 Å². The summed E-state index contributed by atoms with van der Waals surface area (Å²) in [4.78, 5) is 19.3. The lowest BCUT2D eigenvalue weighted by Crippen LogP contribution is -2.19. The molecule has 66 valence electrons. The van der Waals surface area contributed by atoms with Crippen molar-refractivity contribution in [2.75, 3.05) is 19.9 Å². The molecule has 0 saturated carbocycles. The molecule has 0 aliphatic carbocycles. The lowest BCUT2D eigenvalue weighted by Gasteiger charge is -2.05. The van der Waals surface area contributed by atoms with Crippen LogP contribution >= 0.6 is 18.2 Å².